The van der Waals surface area contributed by atoms with Gasteiger partial charge in [0.15, 0.2) is 0 Å². The third-order valence-electron chi connectivity index (χ3n) is 6.43. The summed E-state index contributed by atoms with van der Waals surface area (Å²) in [4.78, 5) is 3.33. The minimum Gasteiger partial charge on any atom is -0.320 e. The molecule has 3 heterocycles. The predicted octanol–water partition coefficient (Wildman–Crippen LogP) is 6.17. The van der Waals surface area contributed by atoms with Crippen LogP contribution in [0.5, 0.6) is 0 Å². The van der Waals surface area contributed by atoms with E-state index in [-0.39, 0.29) is 23.8 Å². The Bertz CT molecular complexity index is 1190. The Hall–Kier alpha value is -3.01. The van der Waals surface area contributed by atoms with E-state index in [2.05, 4.69) is 16.8 Å². The van der Waals surface area contributed by atoms with Crippen LogP contribution in [0.15, 0.2) is 77.6 Å². The topological polar surface area (TPSA) is 37.2 Å². The molecule has 2 aromatic rings. The first kappa shape index (κ1) is 21.8. The molecule has 33 heavy (non-hydrogen) atoms. The van der Waals surface area contributed by atoms with E-state index >= 15 is 0 Å². The summed E-state index contributed by atoms with van der Waals surface area (Å²) in [5.74, 6) is 1.37. The van der Waals surface area contributed by atoms with Crippen LogP contribution in [0.1, 0.15) is 36.6 Å². The Balaban J connectivity index is 1.59. The number of hydrogen-bond acceptors (Lipinski definition) is 5. The fourth-order valence-electron chi connectivity index (χ4n) is 4.60. The van der Waals surface area contributed by atoms with E-state index in [0.29, 0.717) is 22.3 Å². The van der Waals surface area contributed by atoms with Crippen LogP contribution in [-0.2, 0) is 7.05 Å². The van der Waals surface area contributed by atoms with Gasteiger partial charge in [0.25, 0.3) is 0 Å². The van der Waals surface area contributed by atoms with Crippen molar-refractivity contribution in [3.63, 3.8) is 0 Å². The van der Waals surface area contributed by atoms with Gasteiger partial charge in [-0.1, -0.05) is 13.0 Å². The van der Waals surface area contributed by atoms with Gasteiger partial charge in [-0.25, -0.2) is 0 Å². The van der Waals surface area contributed by atoms with Gasteiger partial charge in [-0.15, -0.1) is 10.2 Å². The highest BCUT2D eigenvalue weighted by atomic mass is 32.2. The third kappa shape index (κ3) is 3.76. The molecule has 0 N–H and O–H groups in total. The number of nitrogens with zero attached hydrogens (tertiary/aromatic N) is 5. The highest BCUT2D eigenvalue weighted by Gasteiger charge is 2.42. The monoisotopic (exact) mass is 475 g/mol. The van der Waals surface area contributed by atoms with E-state index < -0.39 is 11.7 Å². The summed E-state index contributed by atoms with van der Waals surface area (Å²) in [6.45, 7) is 4.00. The number of rotatable bonds is 5. The van der Waals surface area contributed by atoms with Gasteiger partial charge >= 0.3 is 6.18 Å². The third-order valence-corrected chi connectivity index (χ3v) is 6.85. The van der Waals surface area contributed by atoms with Gasteiger partial charge in [-0.3, -0.25) is 0 Å². The average Bonchev–Trinajstić information content (AvgIpc) is 3.32. The van der Waals surface area contributed by atoms with Gasteiger partial charge in [0.1, 0.15) is 18.0 Å². The van der Waals surface area contributed by atoms with E-state index in [0.717, 1.165) is 36.7 Å². The van der Waals surface area contributed by atoms with Crippen LogP contribution in [0.3, 0.4) is 0 Å². The lowest BCUT2D eigenvalue weighted by Gasteiger charge is -2.34. The number of fused-ring (bicyclic) bond motifs is 1. The SMILES string of the molecule is C=C1N2C=CC=C(C(F)(F)F)C2=CN1c1cc(SF)cc(C(c2nncn2C)C2CCC2)c1. The average molecular weight is 476 g/mol. The first-order valence-corrected chi connectivity index (χ1v) is 11.2. The molecule has 1 aromatic carbocycles. The zero-order valence-electron chi connectivity index (χ0n) is 17.8. The van der Waals surface area contributed by atoms with E-state index in [1.807, 2.05) is 17.7 Å². The zero-order chi connectivity index (χ0) is 23.3. The van der Waals surface area contributed by atoms with E-state index in [1.54, 1.807) is 23.4 Å². The molecule has 0 amide bonds. The first-order chi connectivity index (χ1) is 15.8. The highest BCUT2D eigenvalue weighted by molar-refractivity contribution is 7.94. The molecule has 0 bridgehead atoms. The lowest BCUT2D eigenvalue weighted by molar-refractivity contribution is -0.0908. The number of halogens is 4. The van der Waals surface area contributed by atoms with E-state index in [9.17, 15) is 17.1 Å². The minimum atomic E-state index is -4.51. The maximum atomic E-state index is 13.8. The predicted molar refractivity (Wildman–Crippen MR) is 118 cm³/mol. The number of benzene rings is 1. The first-order valence-electron chi connectivity index (χ1n) is 10.5. The smallest absolute Gasteiger partial charge is 0.320 e. The van der Waals surface area contributed by atoms with Crippen molar-refractivity contribution in [1.29, 1.82) is 0 Å². The van der Waals surface area contributed by atoms with Crippen LogP contribution in [0.2, 0.25) is 0 Å². The van der Waals surface area contributed by atoms with Gasteiger partial charge in [0.2, 0.25) is 0 Å². The van der Waals surface area contributed by atoms with Crippen molar-refractivity contribution in [3.8, 4) is 0 Å². The lowest BCUT2D eigenvalue weighted by atomic mass is 9.72. The number of anilines is 1. The second-order valence-corrected chi connectivity index (χ2v) is 9.02. The molecule has 0 radical (unpaired) electrons. The number of hydrogen-bond donors (Lipinski definition) is 0. The Morgan fingerprint density at radius 1 is 1.18 bits per heavy atom. The summed E-state index contributed by atoms with van der Waals surface area (Å²) in [5, 5.41) is 8.32. The van der Waals surface area contributed by atoms with Crippen LogP contribution in [0, 0.1) is 5.92 Å². The Labute approximate surface area is 193 Å². The van der Waals surface area contributed by atoms with E-state index in [4.69, 9.17) is 0 Å². The van der Waals surface area contributed by atoms with E-state index in [1.165, 1.54) is 23.4 Å². The molecule has 1 unspecified atom stereocenters. The van der Waals surface area contributed by atoms with Crippen molar-refractivity contribution >= 4 is 17.8 Å². The summed E-state index contributed by atoms with van der Waals surface area (Å²) in [6, 6.07) is 5.29. The number of allylic oxidation sites excluding steroid dienone is 3. The second kappa shape index (κ2) is 8.09. The Kier molecular flexibility index (Phi) is 5.35. The summed E-state index contributed by atoms with van der Waals surface area (Å²) >= 11 is 0.105. The highest BCUT2D eigenvalue weighted by Crippen LogP contribution is 2.46. The molecule has 3 aliphatic rings. The van der Waals surface area contributed by atoms with Gasteiger partial charge in [0.05, 0.1) is 23.4 Å². The normalized spacial score (nSPS) is 19.4. The standard InChI is InChI=1S/C23H21F4N5S/c1-14-31-8-4-7-19(23(24,25)26)20(31)12-32(14)17-9-16(10-18(11-17)33-27)21(15-5-3-6-15)22-29-28-13-30(22)2/h4,7-13,15,21H,1,3,5-6H2,2H3. The lowest BCUT2D eigenvalue weighted by Crippen LogP contribution is -2.25. The van der Waals surface area contributed by atoms with Crippen molar-refractivity contribution in [2.24, 2.45) is 13.0 Å². The maximum Gasteiger partial charge on any atom is 0.418 e. The number of aryl methyl sites for hydroxylation is 1. The molecule has 10 heteroatoms. The maximum absolute atomic E-state index is 13.8. The Morgan fingerprint density at radius 3 is 2.58 bits per heavy atom. The molecule has 0 spiro atoms. The quantitative estimate of drug-likeness (QED) is 0.483. The molecule has 1 fully saturated rings. The fraction of sp³-hybridized carbons (Fsp3) is 0.304. The molecule has 1 saturated carbocycles. The summed E-state index contributed by atoms with van der Waals surface area (Å²) in [7, 11) is 1.87. The molecule has 1 aromatic heterocycles. The van der Waals surface area contributed by atoms with Crippen molar-refractivity contribution in [1.82, 2.24) is 19.7 Å². The molecule has 2 aliphatic heterocycles. The summed E-state index contributed by atoms with van der Waals surface area (Å²) in [6.07, 6.45) is 5.62. The van der Waals surface area contributed by atoms with Crippen molar-refractivity contribution in [3.05, 3.63) is 84.1 Å². The molecular formula is C23H21F4N5S. The summed E-state index contributed by atoms with van der Waals surface area (Å²) in [5.41, 5.74) is 0.627. The molecule has 5 rings (SSSR count). The van der Waals surface area contributed by atoms with Gasteiger partial charge in [-0.2, -0.15) is 17.1 Å². The molecule has 1 aliphatic carbocycles. The van der Waals surface area contributed by atoms with Crippen molar-refractivity contribution < 1.29 is 17.1 Å². The zero-order valence-corrected chi connectivity index (χ0v) is 18.6. The second-order valence-electron chi connectivity index (χ2n) is 8.40. The van der Waals surface area contributed by atoms with Crippen LogP contribution in [-0.4, -0.2) is 25.8 Å². The summed E-state index contributed by atoms with van der Waals surface area (Å²) < 4.78 is 56.4. The molecular weight excluding hydrogens is 454 g/mol. The number of aromatic nitrogens is 3. The molecule has 172 valence electrons. The fourth-order valence-corrected chi connectivity index (χ4v) is 4.95. The van der Waals surface area contributed by atoms with Crippen LogP contribution in [0.4, 0.5) is 22.7 Å². The molecule has 0 saturated heterocycles. The Morgan fingerprint density at radius 2 is 1.97 bits per heavy atom. The van der Waals surface area contributed by atoms with Gasteiger partial charge in [0, 0.05) is 35.9 Å². The van der Waals surface area contributed by atoms with Crippen molar-refractivity contribution in [2.45, 2.75) is 36.3 Å². The van der Waals surface area contributed by atoms with Gasteiger partial charge in [-0.05, 0) is 54.7 Å². The molecule has 5 nitrogen and oxygen atoms in total. The minimum absolute atomic E-state index is 0.0151. The van der Waals surface area contributed by atoms with Gasteiger partial charge < -0.3 is 14.4 Å². The van der Waals surface area contributed by atoms with Crippen LogP contribution < -0.4 is 4.90 Å². The van der Waals surface area contributed by atoms with Crippen LogP contribution in [0.25, 0.3) is 0 Å². The molecule has 1 atom stereocenters. The largest absolute Gasteiger partial charge is 0.418 e. The van der Waals surface area contributed by atoms with Crippen molar-refractivity contribution in [2.75, 3.05) is 4.90 Å². The number of alkyl halides is 3. The van der Waals surface area contributed by atoms with Crippen LogP contribution >= 0.6 is 12.1 Å².